The van der Waals surface area contributed by atoms with E-state index in [9.17, 15) is 4.79 Å². The number of ketones is 1. The number of Topliss-reactive ketones (excluding diaryl/α,β-unsaturated/α-hetero) is 1. The standard InChI is InChI=1S/C12H17NO2S/c1-8-6-15-7-10(13-8)9(2)12(14)11-4-3-5-16-11/h3-5,8-10,13H,6-7H2,1-2H3. The van der Waals surface area contributed by atoms with Crippen LogP contribution in [0.25, 0.3) is 0 Å². The van der Waals surface area contributed by atoms with Gasteiger partial charge in [0.1, 0.15) is 0 Å². The highest BCUT2D eigenvalue weighted by molar-refractivity contribution is 7.12. The lowest BCUT2D eigenvalue weighted by Crippen LogP contribution is -2.51. The van der Waals surface area contributed by atoms with Gasteiger partial charge in [-0.25, -0.2) is 0 Å². The highest BCUT2D eigenvalue weighted by Crippen LogP contribution is 2.18. The molecule has 0 saturated carbocycles. The monoisotopic (exact) mass is 239 g/mol. The Morgan fingerprint density at radius 1 is 1.62 bits per heavy atom. The van der Waals surface area contributed by atoms with E-state index in [0.29, 0.717) is 12.6 Å². The lowest BCUT2D eigenvalue weighted by Gasteiger charge is -2.32. The van der Waals surface area contributed by atoms with Crippen molar-refractivity contribution >= 4 is 17.1 Å². The second-order valence-corrected chi connectivity index (χ2v) is 5.29. The van der Waals surface area contributed by atoms with E-state index in [1.165, 1.54) is 11.3 Å². The summed E-state index contributed by atoms with van der Waals surface area (Å²) in [5.41, 5.74) is 0. The van der Waals surface area contributed by atoms with Crippen molar-refractivity contribution in [3.05, 3.63) is 22.4 Å². The Hall–Kier alpha value is -0.710. The summed E-state index contributed by atoms with van der Waals surface area (Å²) >= 11 is 1.51. The molecule has 0 amide bonds. The number of ether oxygens (including phenoxy) is 1. The van der Waals surface area contributed by atoms with E-state index in [1.54, 1.807) is 0 Å². The van der Waals surface area contributed by atoms with Crippen LogP contribution >= 0.6 is 11.3 Å². The molecule has 1 saturated heterocycles. The molecule has 0 radical (unpaired) electrons. The number of carbonyl (C=O) groups excluding carboxylic acids is 1. The molecule has 1 fully saturated rings. The Labute approximate surface area is 99.8 Å². The Morgan fingerprint density at radius 2 is 2.44 bits per heavy atom. The van der Waals surface area contributed by atoms with Gasteiger partial charge in [-0.2, -0.15) is 0 Å². The van der Waals surface area contributed by atoms with E-state index in [-0.39, 0.29) is 17.7 Å². The van der Waals surface area contributed by atoms with Crippen molar-refractivity contribution < 1.29 is 9.53 Å². The van der Waals surface area contributed by atoms with Crippen LogP contribution in [0, 0.1) is 5.92 Å². The summed E-state index contributed by atoms with van der Waals surface area (Å²) in [5.74, 6) is 0.187. The smallest absolute Gasteiger partial charge is 0.177 e. The van der Waals surface area contributed by atoms with E-state index >= 15 is 0 Å². The quantitative estimate of drug-likeness (QED) is 0.819. The Kier molecular flexibility index (Phi) is 3.74. The second-order valence-electron chi connectivity index (χ2n) is 4.34. The zero-order valence-electron chi connectivity index (χ0n) is 9.60. The number of hydrogen-bond donors (Lipinski definition) is 1. The summed E-state index contributed by atoms with van der Waals surface area (Å²) in [6, 6.07) is 4.27. The van der Waals surface area contributed by atoms with Gasteiger partial charge in [0.25, 0.3) is 0 Å². The van der Waals surface area contributed by atoms with E-state index in [1.807, 2.05) is 24.4 Å². The predicted molar refractivity (Wildman–Crippen MR) is 65.0 cm³/mol. The van der Waals surface area contributed by atoms with E-state index in [4.69, 9.17) is 4.74 Å². The van der Waals surface area contributed by atoms with Crippen LogP contribution < -0.4 is 5.32 Å². The minimum atomic E-state index is -0.0265. The molecule has 1 aliphatic rings. The number of nitrogens with one attached hydrogen (secondary N) is 1. The fourth-order valence-corrected chi connectivity index (χ4v) is 2.71. The largest absolute Gasteiger partial charge is 0.378 e. The van der Waals surface area contributed by atoms with Gasteiger partial charge in [-0.05, 0) is 18.4 Å². The highest BCUT2D eigenvalue weighted by atomic mass is 32.1. The summed E-state index contributed by atoms with van der Waals surface area (Å²) in [7, 11) is 0. The molecule has 16 heavy (non-hydrogen) atoms. The van der Waals surface area contributed by atoms with Crippen LogP contribution in [0.4, 0.5) is 0 Å². The van der Waals surface area contributed by atoms with Gasteiger partial charge in [-0.1, -0.05) is 13.0 Å². The third-order valence-corrected chi connectivity index (χ3v) is 3.83. The zero-order chi connectivity index (χ0) is 11.5. The zero-order valence-corrected chi connectivity index (χ0v) is 10.4. The normalized spacial score (nSPS) is 27.6. The van der Waals surface area contributed by atoms with Crippen molar-refractivity contribution in [3.8, 4) is 0 Å². The molecular formula is C12H17NO2S. The summed E-state index contributed by atoms with van der Waals surface area (Å²) in [4.78, 5) is 13.0. The fraction of sp³-hybridized carbons (Fsp3) is 0.583. The maximum Gasteiger partial charge on any atom is 0.177 e. The van der Waals surface area contributed by atoms with Crippen LogP contribution in [-0.2, 0) is 4.74 Å². The first kappa shape index (κ1) is 11.8. The Morgan fingerprint density at radius 3 is 3.06 bits per heavy atom. The first-order valence-electron chi connectivity index (χ1n) is 5.60. The van der Waals surface area contributed by atoms with Crippen LogP contribution in [-0.4, -0.2) is 31.1 Å². The number of carbonyl (C=O) groups is 1. The second kappa shape index (κ2) is 5.08. The molecule has 4 heteroatoms. The lowest BCUT2D eigenvalue weighted by atomic mass is 9.95. The summed E-state index contributed by atoms with van der Waals surface area (Å²) < 4.78 is 5.47. The van der Waals surface area contributed by atoms with E-state index in [2.05, 4.69) is 12.2 Å². The van der Waals surface area contributed by atoms with Crippen molar-refractivity contribution in [2.45, 2.75) is 25.9 Å². The number of morpholine rings is 1. The van der Waals surface area contributed by atoms with Gasteiger partial charge in [0, 0.05) is 18.0 Å². The maximum absolute atomic E-state index is 12.1. The van der Waals surface area contributed by atoms with Crippen LogP contribution in [0.2, 0.25) is 0 Å². The van der Waals surface area contributed by atoms with Crippen molar-refractivity contribution in [1.82, 2.24) is 5.32 Å². The Bertz CT molecular complexity index is 350. The third-order valence-electron chi connectivity index (χ3n) is 2.94. The van der Waals surface area contributed by atoms with E-state index in [0.717, 1.165) is 11.5 Å². The molecule has 2 heterocycles. The van der Waals surface area contributed by atoms with Crippen molar-refractivity contribution in [3.63, 3.8) is 0 Å². The van der Waals surface area contributed by atoms with Crippen molar-refractivity contribution in [1.29, 1.82) is 0 Å². The molecule has 1 aliphatic heterocycles. The summed E-state index contributed by atoms with van der Waals surface area (Å²) in [6.07, 6.45) is 0. The average molecular weight is 239 g/mol. The molecule has 0 spiro atoms. The van der Waals surface area contributed by atoms with Gasteiger partial charge in [0.15, 0.2) is 5.78 Å². The highest BCUT2D eigenvalue weighted by Gasteiger charge is 2.29. The molecule has 3 unspecified atom stereocenters. The predicted octanol–water partition coefficient (Wildman–Crippen LogP) is 1.94. The van der Waals surface area contributed by atoms with Gasteiger partial charge >= 0.3 is 0 Å². The molecule has 0 aromatic carbocycles. The van der Waals surface area contributed by atoms with Gasteiger partial charge in [0.05, 0.1) is 18.1 Å². The molecule has 1 aromatic rings. The molecule has 1 aromatic heterocycles. The van der Waals surface area contributed by atoms with Crippen molar-refractivity contribution in [2.24, 2.45) is 5.92 Å². The molecule has 3 nitrogen and oxygen atoms in total. The van der Waals surface area contributed by atoms with Gasteiger partial charge in [-0.15, -0.1) is 11.3 Å². The maximum atomic E-state index is 12.1. The van der Waals surface area contributed by atoms with Crippen LogP contribution in [0.5, 0.6) is 0 Å². The SMILES string of the molecule is CC1COCC(C(C)C(=O)c2cccs2)N1. The lowest BCUT2D eigenvalue weighted by molar-refractivity contribution is 0.0332. The summed E-state index contributed by atoms with van der Waals surface area (Å²) in [6.45, 7) is 5.41. The number of hydrogen-bond acceptors (Lipinski definition) is 4. The first-order chi connectivity index (χ1) is 7.68. The van der Waals surface area contributed by atoms with Crippen LogP contribution in [0.3, 0.4) is 0 Å². The first-order valence-corrected chi connectivity index (χ1v) is 6.48. The number of rotatable bonds is 3. The number of thiophene rings is 1. The minimum absolute atomic E-state index is 0.0265. The molecular weight excluding hydrogens is 222 g/mol. The molecule has 0 bridgehead atoms. The summed E-state index contributed by atoms with van der Waals surface area (Å²) in [5, 5.41) is 5.36. The van der Waals surface area contributed by atoms with Gasteiger partial charge < -0.3 is 10.1 Å². The Balaban J connectivity index is 2.01. The van der Waals surface area contributed by atoms with Crippen LogP contribution in [0.1, 0.15) is 23.5 Å². The minimum Gasteiger partial charge on any atom is -0.378 e. The molecule has 0 aliphatic carbocycles. The molecule has 1 N–H and O–H groups in total. The van der Waals surface area contributed by atoms with Gasteiger partial charge in [0.2, 0.25) is 0 Å². The van der Waals surface area contributed by atoms with E-state index < -0.39 is 0 Å². The van der Waals surface area contributed by atoms with Crippen LogP contribution in [0.15, 0.2) is 17.5 Å². The molecule has 3 atom stereocenters. The molecule has 2 rings (SSSR count). The third kappa shape index (κ3) is 2.51. The fourth-order valence-electron chi connectivity index (χ4n) is 1.95. The molecule has 88 valence electrons. The topological polar surface area (TPSA) is 38.3 Å². The van der Waals surface area contributed by atoms with Crippen molar-refractivity contribution in [2.75, 3.05) is 13.2 Å². The van der Waals surface area contributed by atoms with Gasteiger partial charge in [-0.3, -0.25) is 4.79 Å². The average Bonchev–Trinajstić information content (AvgIpc) is 2.80.